The van der Waals surface area contributed by atoms with Crippen molar-refractivity contribution in [1.29, 1.82) is 0 Å². The molecule has 0 spiro atoms. The van der Waals surface area contributed by atoms with Crippen LogP contribution in [-0.4, -0.2) is 11.7 Å². The molecule has 0 bridgehead atoms. The zero-order valence-electron chi connectivity index (χ0n) is 8.18. The van der Waals surface area contributed by atoms with Crippen molar-refractivity contribution in [1.82, 2.24) is 0 Å². The summed E-state index contributed by atoms with van der Waals surface area (Å²) in [5.74, 6) is 0.922. The van der Waals surface area contributed by atoms with Crippen LogP contribution in [0.3, 0.4) is 0 Å². The lowest BCUT2D eigenvalue weighted by atomic mass is 10.2. The molecule has 2 aromatic rings. The zero-order chi connectivity index (χ0) is 10.2. The van der Waals surface area contributed by atoms with Gasteiger partial charge in [-0.1, -0.05) is 30.3 Å². The van der Waals surface area contributed by atoms with Crippen LogP contribution in [0.2, 0.25) is 0 Å². The summed E-state index contributed by atoms with van der Waals surface area (Å²) >= 11 is 0. The molecular formula is C12H14O2. The Balaban J connectivity index is 0.000000293. The molecule has 0 saturated carbocycles. The molecule has 0 aliphatic carbocycles. The minimum atomic E-state index is 0.250. The summed E-state index contributed by atoms with van der Waals surface area (Å²) < 4.78 is 5.22. The number of hydrogen-bond donors (Lipinski definition) is 1. The number of benzene rings is 1. The molecule has 0 amide bonds. The van der Waals surface area contributed by atoms with Crippen molar-refractivity contribution in [3.8, 4) is 11.3 Å². The van der Waals surface area contributed by atoms with Crippen molar-refractivity contribution in [2.45, 2.75) is 6.92 Å². The van der Waals surface area contributed by atoms with Gasteiger partial charge < -0.3 is 9.52 Å². The number of hydrogen-bond acceptors (Lipinski definition) is 2. The van der Waals surface area contributed by atoms with Crippen molar-refractivity contribution in [2.75, 3.05) is 6.61 Å². The van der Waals surface area contributed by atoms with E-state index in [2.05, 4.69) is 0 Å². The molecule has 2 nitrogen and oxygen atoms in total. The van der Waals surface area contributed by atoms with Gasteiger partial charge in [0.1, 0.15) is 5.76 Å². The Morgan fingerprint density at radius 3 is 2.21 bits per heavy atom. The molecule has 0 saturated heterocycles. The molecule has 74 valence electrons. The van der Waals surface area contributed by atoms with Crippen LogP contribution >= 0.6 is 0 Å². The van der Waals surface area contributed by atoms with Crippen LogP contribution in [0.1, 0.15) is 6.92 Å². The molecule has 0 unspecified atom stereocenters. The Morgan fingerprint density at radius 1 is 1.07 bits per heavy atom. The van der Waals surface area contributed by atoms with Gasteiger partial charge in [-0.2, -0.15) is 0 Å². The first-order valence-corrected chi connectivity index (χ1v) is 4.58. The standard InChI is InChI=1S/C10H8O.C2H6O/c1-2-5-9(6-3-1)10-7-4-8-11-10;1-2-3/h1-8H;3H,2H2,1H3. The second-order valence-electron chi connectivity index (χ2n) is 2.66. The number of furan rings is 1. The normalized spacial score (nSPS) is 9.00. The number of aliphatic hydroxyl groups is 1. The van der Waals surface area contributed by atoms with Crippen LogP contribution in [0.5, 0.6) is 0 Å². The maximum atomic E-state index is 7.57. The lowest BCUT2D eigenvalue weighted by molar-refractivity contribution is 0.318. The topological polar surface area (TPSA) is 33.4 Å². The Kier molecular flexibility index (Phi) is 4.51. The first kappa shape index (κ1) is 10.5. The molecule has 0 atom stereocenters. The van der Waals surface area contributed by atoms with Gasteiger partial charge >= 0.3 is 0 Å². The minimum absolute atomic E-state index is 0.250. The summed E-state index contributed by atoms with van der Waals surface area (Å²) in [6.07, 6.45) is 1.68. The fourth-order valence-electron chi connectivity index (χ4n) is 1.05. The van der Waals surface area contributed by atoms with Crippen LogP contribution < -0.4 is 0 Å². The second kappa shape index (κ2) is 6.00. The van der Waals surface area contributed by atoms with Crippen LogP contribution in [0, 0.1) is 0 Å². The van der Waals surface area contributed by atoms with Crippen molar-refractivity contribution in [3.63, 3.8) is 0 Å². The van der Waals surface area contributed by atoms with Gasteiger partial charge in [0.15, 0.2) is 0 Å². The lowest BCUT2D eigenvalue weighted by Crippen LogP contribution is -1.69. The van der Waals surface area contributed by atoms with E-state index in [0.29, 0.717) is 0 Å². The highest BCUT2D eigenvalue weighted by Crippen LogP contribution is 2.18. The Hall–Kier alpha value is -1.54. The van der Waals surface area contributed by atoms with Gasteiger partial charge in [-0.3, -0.25) is 0 Å². The van der Waals surface area contributed by atoms with E-state index in [-0.39, 0.29) is 6.61 Å². The second-order valence-corrected chi connectivity index (χ2v) is 2.66. The Bertz CT molecular complexity index is 324. The van der Waals surface area contributed by atoms with Gasteiger partial charge in [0.25, 0.3) is 0 Å². The van der Waals surface area contributed by atoms with E-state index in [1.54, 1.807) is 13.2 Å². The van der Waals surface area contributed by atoms with Crippen molar-refractivity contribution < 1.29 is 9.52 Å². The lowest BCUT2D eigenvalue weighted by Gasteiger charge is -1.92. The van der Waals surface area contributed by atoms with Gasteiger partial charge in [0, 0.05) is 12.2 Å². The van der Waals surface area contributed by atoms with E-state index in [9.17, 15) is 0 Å². The summed E-state index contributed by atoms with van der Waals surface area (Å²) in [5.41, 5.74) is 1.12. The summed E-state index contributed by atoms with van der Waals surface area (Å²) in [5, 5.41) is 7.57. The third kappa shape index (κ3) is 3.07. The molecule has 1 aromatic heterocycles. The third-order valence-electron chi connectivity index (χ3n) is 1.58. The van der Waals surface area contributed by atoms with Crippen LogP contribution in [-0.2, 0) is 0 Å². The first-order valence-electron chi connectivity index (χ1n) is 4.58. The highest BCUT2D eigenvalue weighted by Gasteiger charge is 1.95. The van der Waals surface area contributed by atoms with Crippen molar-refractivity contribution >= 4 is 0 Å². The summed E-state index contributed by atoms with van der Waals surface area (Å²) in [6, 6.07) is 13.9. The fraction of sp³-hybridized carbons (Fsp3) is 0.167. The Morgan fingerprint density at radius 2 is 1.71 bits per heavy atom. The van der Waals surface area contributed by atoms with Gasteiger partial charge in [-0.15, -0.1) is 0 Å². The average molecular weight is 190 g/mol. The molecule has 1 aromatic carbocycles. The molecule has 0 fully saturated rings. The molecule has 2 rings (SSSR count). The predicted octanol–water partition coefficient (Wildman–Crippen LogP) is 2.95. The summed E-state index contributed by atoms with van der Waals surface area (Å²) in [6.45, 7) is 1.93. The molecular weight excluding hydrogens is 176 g/mol. The highest BCUT2D eigenvalue weighted by molar-refractivity contribution is 5.56. The maximum Gasteiger partial charge on any atom is 0.133 e. The number of rotatable bonds is 1. The maximum absolute atomic E-state index is 7.57. The third-order valence-corrected chi connectivity index (χ3v) is 1.58. The van der Waals surface area contributed by atoms with Crippen molar-refractivity contribution in [3.05, 3.63) is 48.7 Å². The van der Waals surface area contributed by atoms with Gasteiger partial charge in [-0.05, 0) is 19.1 Å². The minimum Gasteiger partial charge on any atom is -0.464 e. The monoisotopic (exact) mass is 190 g/mol. The van der Waals surface area contributed by atoms with E-state index >= 15 is 0 Å². The molecule has 0 radical (unpaired) electrons. The van der Waals surface area contributed by atoms with E-state index in [1.807, 2.05) is 42.5 Å². The van der Waals surface area contributed by atoms with E-state index in [4.69, 9.17) is 9.52 Å². The van der Waals surface area contributed by atoms with Crippen molar-refractivity contribution in [2.24, 2.45) is 0 Å². The summed E-state index contributed by atoms with van der Waals surface area (Å²) in [7, 11) is 0. The van der Waals surface area contributed by atoms with E-state index < -0.39 is 0 Å². The largest absolute Gasteiger partial charge is 0.464 e. The number of aliphatic hydroxyl groups excluding tert-OH is 1. The predicted molar refractivity (Wildman–Crippen MR) is 56.9 cm³/mol. The quantitative estimate of drug-likeness (QED) is 0.750. The van der Waals surface area contributed by atoms with Crippen LogP contribution in [0.4, 0.5) is 0 Å². The zero-order valence-corrected chi connectivity index (χ0v) is 8.18. The molecule has 0 aliphatic rings. The van der Waals surface area contributed by atoms with Gasteiger partial charge in [0.05, 0.1) is 6.26 Å². The average Bonchev–Trinajstić information content (AvgIpc) is 2.73. The summed E-state index contributed by atoms with van der Waals surface area (Å²) in [4.78, 5) is 0. The first-order chi connectivity index (χ1) is 6.88. The van der Waals surface area contributed by atoms with Crippen LogP contribution in [0.15, 0.2) is 53.1 Å². The van der Waals surface area contributed by atoms with E-state index in [1.165, 1.54) is 0 Å². The molecule has 1 heterocycles. The highest BCUT2D eigenvalue weighted by atomic mass is 16.3. The smallest absolute Gasteiger partial charge is 0.133 e. The van der Waals surface area contributed by atoms with Gasteiger partial charge in [0.2, 0.25) is 0 Å². The van der Waals surface area contributed by atoms with Gasteiger partial charge in [-0.25, -0.2) is 0 Å². The molecule has 2 heteroatoms. The van der Waals surface area contributed by atoms with Crippen LogP contribution in [0.25, 0.3) is 11.3 Å². The molecule has 0 aliphatic heterocycles. The fourth-order valence-corrected chi connectivity index (χ4v) is 1.05. The molecule has 14 heavy (non-hydrogen) atoms. The Labute approximate surface area is 83.8 Å². The molecule has 1 N–H and O–H groups in total. The van der Waals surface area contributed by atoms with E-state index in [0.717, 1.165) is 11.3 Å². The SMILES string of the molecule is CCO.c1ccc(-c2ccco2)cc1.